The number of aromatic hydroxyl groups is 1. The molecule has 6 nitrogen and oxygen atoms in total. The summed E-state index contributed by atoms with van der Waals surface area (Å²) in [5.74, 6) is -1.43. The SMILES string of the molecule is Cc1ccc(O)c(C(=O)NC2N=C(c3c(Cl)cc(Cl)cc3Cl)c3ccccc3NC2=O)c1. The first kappa shape index (κ1) is 22.1. The minimum atomic E-state index is -1.31. The lowest BCUT2D eigenvalue weighted by molar-refractivity contribution is -0.117. The van der Waals surface area contributed by atoms with E-state index in [9.17, 15) is 14.7 Å². The van der Waals surface area contributed by atoms with E-state index in [4.69, 9.17) is 34.8 Å². The number of hydrogen-bond acceptors (Lipinski definition) is 4. The van der Waals surface area contributed by atoms with Crippen molar-refractivity contribution in [3.8, 4) is 5.75 Å². The summed E-state index contributed by atoms with van der Waals surface area (Å²) in [7, 11) is 0. The minimum absolute atomic E-state index is 0.0267. The van der Waals surface area contributed by atoms with Crippen LogP contribution in [0.1, 0.15) is 27.0 Å². The summed E-state index contributed by atoms with van der Waals surface area (Å²) in [5.41, 5.74) is 2.53. The maximum absolute atomic E-state index is 12.9. The first-order chi connectivity index (χ1) is 15.2. The predicted molar refractivity (Wildman–Crippen MR) is 126 cm³/mol. The second-order valence-electron chi connectivity index (χ2n) is 7.15. The Morgan fingerprint density at radius 1 is 1.06 bits per heavy atom. The number of amides is 2. The van der Waals surface area contributed by atoms with Gasteiger partial charge in [-0.05, 0) is 37.3 Å². The lowest BCUT2D eigenvalue weighted by Gasteiger charge is -2.15. The molecule has 3 N–H and O–H groups in total. The van der Waals surface area contributed by atoms with Crippen molar-refractivity contribution in [2.75, 3.05) is 5.32 Å². The number of benzene rings is 3. The standard InChI is InChI=1S/C23H16Cl3N3O3/c1-11-6-7-18(30)14(8-11)22(31)29-21-23(32)27-17-5-3-2-4-13(17)20(28-21)19-15(25)9-12(24)10-16(19)26/h2-10,21,30H,1H3,(H,27,32)(H,29,31). The van der Waals surface area contributed by atoms with E-state index < -0.39 is 18.0 Å². The number of benzodiazepines with no additional fused rings is 1. The molecule has 0 radical (unpaired) electrons. The van der Waals surface area contributed by atoms with Crippen LogP contribution in [0.3, 0.4) is 0 Å². The van der Waals surface area contributed by atoms with Gasteiger partial charge in [-0.1, -0.05) is 64.6 Å². The molecule has 3 aromatic carbocycles. The number of nitrogens with zero attached hydrogens (tertiary/aromatic N) is 1. The van der Waals surface area contributed by atoms with E-state index in [2.05, 4.69) is 15.6 Å². The van der Waals surface area contributed by atoms with Crippen molar-refractivity contribution >= 4 is 58.0 Å². The Morgan fingerprint density at radius 2 is 1.75 bits per heavy atom. The zero-order chi connectivity index (χ0) is 23.0. The highest BCUT2D eigenvalue weighted by Gasteiger charge is 2.29. The second kappa shape index (κ2) is 8.82. The number of halogens is 3. The van der Waals surface area contributed by atoms with Gasteiger partial charge in [-0.2, -0.15) is 0 Å². The molecule has 32 heavy (non-hydrogen) atoms. The Kier molecular flexibility index (Phi) is 6.11. The third kappa shape index (κ3) is 4.30. The number of phenols is 1. The average molecular weight is 489 g/mol. The largest absolute Gasteiger partial charge is 0.507 e. The quantitative estimate of drug-likeness (QED) is 0.473. The minimum Gasteiger partial charge on any atom is -0.507 e. The van der Waals surface area contributed by atoms with Crippen LogP contribution in [0.5, 0.6) is 5.75 Å². The van der Waals surface area contributed by atoms with Crippen LogP contribution in [-0.4, -0.2) is 28.8 Å². The van der Waals surface area contributed by atoms with Crippen molar-refractivity contribution in [3.05, 3.63) is 91.9 Å². The van der Waals surface area contributed by atoms with Gasteiger partial charge in [0.2, 0.25) is 6.17 Å². The maximum Gasteiger partial charge on any atom is 0.269 e. The van der Waals surface area contributed by atoms with Gasteiger partial charge < -0.3 is 15.7 Å². The number of aryl methyl sites for hydroxylation is 1. The van der Waals surface area contributed by atoms with Gasteiger partial charge in [0, 0.05) is 16.1 Å². The van der Waals surface area contributed by atoms with E-state index in [0.29, 0.717) is 27.5 Å². The molecule has 0 fully saturated rings. The third-order valence-electron chi connectivity index (χ3n) is 4.85. The van der Waals surface area contributed by atoms with Crippen molar-refractivity contribution in [1.29, 1.82) is 0 Å². The first-order valence-corrected chi connectivity index (χ1v) is 10.6. The molecule has 0 aliphatic carbocycles. The number of fused-ring (bicyclic) bond motifs is 1. The van der Waals surface area contributed by atoms with Crippen LogP contribution >= 0.6 is 34.8 Å². The lowest BCUT2D eigenvalue weighted by atomic mass is 10.0. The van der Waals surface area contributed by atoms with Crippen LogP contribution < -0.4 is 10.6 Å². The monoisotopic (exact) mass is 487 g/mol. The molecule has 0 saturated carbocycles. The summed E-state index contributed by atoms with van der Waals surface area (Å²) < 4.78 is 0. The predicted octanol–water partition coefficient (Wildman–Crippen LogP) is 5.21. The molecule has 0 saturated heterocycles. The van der Waals surface area contributed by atoms with Crippen molar-refractivity contribution in [3.63, 3.8) is 0 Å². The summed E-state index contributed by atoms with van der Waals surface area (Å²) in [5, 5.41) is 16.2. The fraction of sp³-hybridized carbons (Fsp3) is 0.0870. The molecule has 1 heterocycles. The molecule has 3 aromatic rings. The van der Waals surface area contributed by atoms with Crippen LogP contribution in [0.15, 0.2) is 59.6 Å². The van der Waals surface area contributed by atoms with Gasteiger partial charge in [-0.15, -0.1) is 0 Å². The Morgan fingerprint density at radius 3 is 2.47 bits per heavy atom. The van der Waals surface area contributed by atoms with Gasteiger partial charge in [0.15, 0.2) is 0 Å². The molecule has 0 aromatic heterocycles. The molecule has 2 amide bonds. The summed E-state index contributed by atoms with van der Waals surface area (Å²) in [6, 6.07) is 14.6. The Bertz CT molecular complexity index is 1270. The van der Waals surface area contributed by atoms with Crippen molar-refractivity contribution in [1.82, 2.24) is 5.32 Å². The number of carbonyl (C=O) groups excluding carboxylic acids is 2. The van der Waals surface area contributed by atoms with E-state index >= 15 is 0 Å². The van der Waals surface area contributed by atoms with Crippen molar-refractivity contribution in [2.45, 2.75) is 13.1 Å². The van der Waals surface area contributed by atoms with Gasteiger partial charge >= 0.3 is 0 Å². The molecule has 0 bridgehead atoms. The number of phenolic OH excluding ortho intramolecular Hbond substituents is 1. The molecule has 1 atom stereocenters. The molecule has 0 spiro atoms. The number of hydrogen-bond donors (Lipinski definition) is 3. The van der Waals surface area contributed by atoms with Crippen LogP contribution in [-0.2, 0) is 4.79 Å². The van der Waals surface area contributed by atoms with E-state index in [1.54, 1.807) is 37.3 Å². The normalized spacial score (nSPS) is 15.3. The molecule has 1 unspecified atom stereocenters. The number of anilines is 1. The Labute approximate surface area is 198 Å². The fourth-order valence-corrected chi connectivity index (χ4v) is 4.35. The van der Waals surface area contributed by atoms with Gasteiger partial charge in [-0.3, -0.25) is 9.59 Å². The summed E-state index contributed by atoms with van der Waals surface area (Å²) in [6.07, 6.45) is -1.31. The summed E-state index contributed by atoms with van der Waals surface area (Å²) >= 11 is 18.9. The Balaban J connectivity index is 1.83. The number of rotatable bonds is 3. The van der Waals surface area contributed by atoms with Gasteiger partial charge in [0.25, 0.3) is 11.8 Å². The van der Waals surface area contributed by atoms with Crippen LogP contribution in [0.4, 0.5) is 5.69 Å². The van der Waals surface area contributed by atoms with Gasteiger partial charge in [-0.25, -0.2) is 4.99 Å². The molecule has 1 aliphatic heterocycles. The zero-order valence-electron chi connectivity index (χ0n) is 16.6. The van der Waals surface area contributed by atoms with Gasteiger partial charge in [0.05, 0.1) is 27.0 Å². The average Bonchev–Trinajstić information content (AvgIpc) is 2.86. The topological polar surface area (TPSA) is 90.8 Å². The molecular weight excluding hydrogens is 473 g/mol. The lowest BCUT2D eigenvalue weighted by Crippen LogP contribution is -2.42. The Hall–Kier alpha value is -3.06. The maximum atomic E-state index is 12.9. The highest BCUT2D eigenvalue weighted by Crippen LogP contribution is 2.34. The number of carbonyl (C=O) groups is 2. The molecule has 162 valence electrons. The van der Waals surface area contributed by atoms with Crippen LogP contribution in [0.25, 0.3) is 0 Å². The summed E-state index contributed by atoms with van der Waals surface area (Å²) in [4.78, 5) is 30.3. The van der Waals surface area contributed by atoms with E-state index in [0.717, 1.165) is 5.56 Å². The van der Waals surface area contributed by atoms with Crippen molar-refractivity contribution in [2.24, 2.45) is 4.99 Å². The smallest absolute Gasteiger partial charge is 0.269 e. The van der Waals surface area contributed by atoms with E-state index in [1.807, 2.05) is 0 Å². The van der Waals surface area contributed by atoms with Crippen LogP contribution in [0.2, 0.25) is 15.1 Å². The fourth-order valence-electron chi connectivity index (χ4n) is 3.36. The molecule has 4 rings (SSSR count). The van der Waals surface area contributed by atoms with E-state index in [1.165, 1.54) is 24.3 Å². The second-order valence-corrected chi connectivity index (χ2v) is 8.40. The van der Waals surface area contributed by atoms with Crippen molar-refractivity contribution < 1.29 is 14.7 Å². The van der Waals surface area contributed by atoms with Gasteiger partial charge in [0.1, 0.15) is 5.75 Å². The molecule has 9 heteroatoms. The summed E-state index contributed by atoms with van der Waals surface area (Å²) in [6.45, 7) is 1.78. The highest BCUT2D eigenvalue weighted by molar-refractivity contribution is 6.44. The number of aliphatic imine (C=N–C) groups is 1. The van der Waals surface area contributed by atoms with E-state index in [-0.39, 0.29) is 21.4 Å². The highest BCUT2D eigenvalue weighted by atomic mass is 35.5. The first-order valence-electron chi connectivity index (χ1n) is 9.48. The zero-order valence-corrected chi connectivity index (χ0v) is 18.9. The number of para-hydroxylation sites is 1. The molecular formula is C23H16Cl3N3O3. The van der Waals surface area contributed by atoms with Crippen LogP contribution in [0, 0.1) is 6.92 Å². The molecule has 1 aliphatic rings. The third-order valence-corrected chi connectivity index (χ3v) is 5.67. The number of nitrogens with one attached hydrogen (secondary N) is 2.